The van der Waals surface area contributed by atoms with Gasteiger partial charge in [-0.25, -0.2) is 4.39 Å². The molecule has 21 heavy (non-hydrogen) atoms. The van der Waals surface area contributed by atoms with Crippen molar-refractivity contribution in [1.29, 1.82) is 0 Å². The molecule has 0 aliphatic carbocycles. The second-order valence-electron chi connectivity index (χ2n) is 5.12. The molecule has 0 fully saturated rings. The smallest absolute Gasteiger partial charge is 0.151 e. The second kappa shape index (κ2) is 7.64. The molecule has 0 saturated heterocycles. The van der Waals surface area contributed by atoms with Crippen molar-refractivity contribution < 1.29 is 9.18 Å². The van der Waals surface area contributed by atoms with Gasteiger partial charge in [0.05, 0.1) is 6.54 Å². The first-order valence-corrected chi connectivity index (χ1v) is 6.98. The lowest BCUT2D eigenvalue weighted by molar-refractivity contribution is -0.119. The molecule has 0 saturated carbocycles. The summed E-state index contributed by atoms with van der Waals surface area (Å²) in [5, 5.41) is 0. The number of nitrogens with zero attached hydrogens (tertiary/aromatic N) is 2. The summed E-state index contributed by atoms with van der Waals surface area (Å²) in [7, 11) is 1.89. The van der Waals surface area contributed by atoms with Crippen LogP contribution in [0.3, 0.4) is 0 Å². The van der Waals surface area contributed by atoms with E-state index in [1.54, 1.807) is 24.4 Å². The second-order valence-corrected chi connectivity index (χ2v) is 5.12. The van der Waals surface area contributed by atoms with Gasteiger partial charge in [0, 0.05) is 31.3 Å². The van der Waals surface area contributed by atoms with Gasteiger partial charge in [-0.1, -0.05) is 24.3 Å². The molecule has 2 aromatic rings. The molecular weight excluding hydrogens is 267 g/mol. The predicted octanol–water partition coefficient (Wildman–Crippen LogP) is 2.51. The zero-order valence-corrected chi connectivity index (χ0v) is 12.1. The van der Waals surface area contributed by atoms with Gasteiger partial charge in [-0.3, -0.25) is 14.7 Å². The molecule has 0 aliphatic rings. The molecule has 1 heterocycles. The van der Waals surface area contributed by atoms with Gasteiger partial charge < -0.3 is 0 Å². The van der Waals surface area contributed by atoms with Crippen molar-refractivity contribution in [2.45, 2.75) is 12.8 Å². The van der Waals surface area contributed by atoms with Crippen molar-refractivity contribution in [1.82, 2.24) is 9.88 Å². The lowest BCUT2D eigenvalue weighted by atomic mass is 10.1. The van der Waals surface area contributed by atoms with Crippen LogP contribution >= 0.6 is 0 Å². The highest BCUT2D eigenvalue weighted by atomic mass is 19.1. The zero-order valence-electron chi connectivity index (χ0n) is 12.1. The van der Waals surface area contributed by atoms with Crippen LogP contribution in [0.1, 0.15) is 11.3 Å². The first-order valence-electron chi connectivity index (χ1n) is 6.98. The van der Waals surface area contributed by atoms with Crippen molar-refractivity contribution in [3.05, 3.63) is 65.7 Å². The van der Waals surface area contributed by atoms with E-state index in [9.17, 15) is 9.18 Å². The Morgan fingerprint density at radius 3 is 2.67 bits per heavy atom. The van der Waals surface area contributed by atoms with Gasteiger partial charge in [0.1, 0.15) is 5.82 Å². The predicted molar refractivity (Wildman–Crippen MR) is 80.5 cm³/mol. The Morgan fingerprint density at radius 1 is 1.19 bits per heavy atom. The maximum Gasteiger partial charge on any atom is 0.151 e. The van der Waals surface area contributed by atoms with Crippen LogP contribution in [0.5, 0.6) is 0 Å². The molecule has 110 valence electrons. The van der Waals surface area contributed by atoms with Crippen LogP contribution in [0.15, 0.2) is 48.7 Å². The number of hydrogen-bond donors (Lipinski definition) is 0. The van der Waals surface area contributed by atoms with E-state index in [-0.39, 0.29) is 18.0 Å². The quantitative estimate of drug-likeness (QED) is 0.784. The molecule has 4 heteroatoms. The number of carbonyl (C=O) groups is 1. The Morgan fingerprint density at radius 2 is 1.95 bits per heavy atom. The molecule has 2 rings (SSSR count). The Kier molecular flexibility index (Phi) is 5.58. The first kappa shape index (κ1) is 15.3. The number of aromatic nitrogens is 1. The van der Waals surface area contributed by atoms with E-state index in [0.717, 1.165) is 18.7 Å². The summed E-state index contributed by atoms with van der Waals surface area (Å²) in [4.78, 5) is 18.2. The maximum atomic E-state index is 13.5. The van der Waals surface area contributed by atoms with Crippen molar-refractivity contribution >= 4 is 5.78 Å². The van der Waals surface area contributed by atoms with E-state index in [4.69, 9.17) is 0 Å². The maximum absolute atomic E-state index is 13.5. The van der Waals surface area contributed by atoms with Crippen LogP contribution in [0, 0.1) is 5.82 Å². The average molecular weight is 286 g/mol. The highest BCUT2D eigenvalue weighted by Crippen LogP contribution is 2.07. The summed E-state index contributed by atoms with van der Waals surface area (Å²) in [6, 6.07) is 12.2. The molecule has 1 aromatic heterocycles. The van der Waals surface area contributed by atoms with Gasteiger partial charge in [-0.05, 0) is 30.8 Å². The van der Waals surface area contributed by atoms with E-state index < -0.39 is 0 Å². The number of benzene rings is 1. The topological polar surface area (TPSA) is 33.2 Å². The van der Waals surface area contributed by atoms with Crippen LogP contribution in [-0.4, -0.2) is 35.8 Å². The van der Waals surface area contributed by atoms with Gasteiger partial charge in [-0.15, -0.1) is 0 Å². The largest absolute Gasteiger partial charge is 0.299 e. The molecular formula is C17H19FN2O. The van der Waals surface area contributed by atoms with Crippen molar-refractivity contribution in [3.63, 3.8) is 0 Å². The number of carbonyl (C=O) groups excluding carboxylic acids is 1. The van der Waals surface area contributed by atoms with E-state index >= 15 is 0 Å². The molecule has 0 amide bonds. The van der Waals surface area contributed by atoms with E-state index in [1.165, 1.54) is 6.07 Å². The van der Waals surface area contributed by atoms with Gasteiger partial charge in [0.25, 0.3) is 0 Å². The molecule has 0 aliphatic heterocycles. The van der Waals surface area contributed by atoms with E-state index in [0.29, 0.717) is 12.1 Å². The molecule has 1 aromatic carbocycles. The molecule has 0 bridgehead atoms. The van der Waals surface area contributed by atoms with Gasteiger partial charge >= 0.3 is 0 Å². The third kappa shape index (κ3) is 5.08. The van der Waals surface area contributed by atoms with Crippen molar-refractivity contribution in [2.24, 2.45) is 0 Å². The minimum absolute atomic E-state index is 0.0172. The number of pyridine rings is 1. The van der Waals surface area contributed by atoms with Crippen LogP contribution in [0.4, 0.5) is 4.39 Å². The van der Waals surface area contributed by atoms with Crippen molar-refractivity contribution in [3.8, 4) is 0 Å². The first-order chi connectivity index (χ1) is 10.1. The Labute approximate surface area is 124 Å². The Bertz CT molecular complexity index is 586. The molecule has 3 nitrogen and oxygen atoms in total. The zero-order chi connectivity index (χ0) is 15.1. The molecule has 0 unspecified atom stereocenters. The monoisotopic (exact) mass is 286 g/mol. The lowest BCUT2D eigenvalue weighted by Crippen LogP contribution is -2.29. The Hall–Kier alpha value is -2.07. The molecule has 0 spiro atoms. The number of likely N-dealkylation sites (N-methyl/N-ethyl adjacent to an activating group) is 1. The average Bonchev–Trinajstić information content (AvgIpc) is 2.48. The summed E-state index contributed by atoms with van der Waals surface area (Å²) >= 11 is 0. The molecule has 0 N–H and O–H groups in total. The van der Waals surface area contributed by atoms with E-state index in [1.807, 2.05) is 30.1 Å². The van der Waals surface area contributed by atoms with Crippen LogP contribution in [0.2, 0.25) is 0 Å². The Balaban J connectivity index is 1.78. The summed E-state index contributed by atoms with van der Waals surface area (Å²) in [5.41, 5.74) is 1.46. The van der Waals surface area contributed by atoms with Crippen LogP contribution in [-0.2, 0) is 17.6 Å². The number of halogens is 1. The van der Waals surface area contributed by atoms with Crippen molar-refractivity contribution in [2.75, 3.05) is 20.1 Å². The van der Waals surface area contributed by atoms with Crippen LogP contribution in [0.25, 0.3) is 0 Å². The van der Waals surface area contributed by atoms with Gasteiger partial charge in [0.2, 0.25) is 0 Å². The number of Topliss-reactive ketones (excluding diaryl/α,β-unsaturated/α-hetero) is 1. The SMILES string of the molecule is CN(CCc1ccccn1)CC(=O)Cc1ccccc1F. The fourth-order valence-electron chi connectivity index (χ4n) is 2.14. The summed E-state index contributed by atoms with van der Waals surface area (Å²) in [6.45, 7) is 1.07. The standard InChI is InChI=1S/C17H19FN2O/c1-20(11-9-15-7-4-5-10-19-15)13-16(21)12-14-6-2-3-8-17(14)18/h2-8,10H,9,11-13H2,1H3. The molecule has 0 radical (unpaired) electrons. The third-order valence-electron chi connectivity index (χ3n) is 3.27. The molecule has 0 atom stereocenters. The summed E-state index contributed by atoms with van der Waals surface area (Å²) in [5.74, 6) is -0.300. The highest BCUT2D eigenvalue weighted by molar-refractivity contribution is 5.82. The highest BCUT2D eigenvalue weighted by Gasteiger charge is 2.10. The fourth-order valence-corrected chi connectivity index (χ4v) is 2.14. The number of ketones is 1. The fraction of sp³-hybridized carbons (Fsp3) is 0.294. The van der Waals surface area contributed by atoms with Crippen LogP contribution < -0.4 is 0 Å². The van der Waals surface area contributed by atoms with Gasteiger partial charge in [0.15, 0.2) is 5.78 Å². The van der Waals surface area contributed by atoms with Gasteiger partial charge in [-0.2, -0.15) is 0 Å². The summed E-state index contributed by atoms with van der Waals surface area (Å²) in [6.07, 6.45) is 2.70. The minimum Gasteiger partial charge on any atom is -0.299 e. The summed E-state index contributed by atoms with van der Waals surface area (Å²) < 4.78 is 13.5. The van der Waals surface area contributed by atoms with E-state index in [2.05, 4.69) is 4.98 Å². The number of hydrogen-bond acceptors (Lipinski definition) is 3. The third-order valence-corrected chi connectivity index (χ3v) is 3.27. The lowest BCUT2D eigenvalue weighted by Gasteiger charge is -2.15. The normalized spacial score (nSPS) is 10.8. The minimum atomic E-state index is -0.318. The number of rotatable bonds is 7.